The van der Waals surface area contributed by atoms with Crippen molar-refractivity contribution in [3.05, 3.63) is 60.2 Å². The van der Waals surface area contributed by atoms with Gasteiger partial charge in [0, 0.05) is 49.9 Å². The molecule has 2 aromatic rings. The second-order valence-corrected chi connectivity index (χ2v) is 9.43. The lowest BCUT2D eigenvalue weighted by molar-refractivity contribution is -0.131. The predicted molar refractivity (Wildman–Crippen MR) is 135 cm³/mol. The van der Waals surface area contributed by atoms with Gasteiger partial charge >= 0.3 is 0 Å². The fraction of sp³-hybridized carbons (Fsp3) is 0.500. The maximum atomic E-state index is 12.6. The molecule has 2 atom stereocenters. The molecule has 4 rings (SSSR count). The average molecular weight is 448 g/mol. The van der Waals surface area contributed by atoms with E-state index in [1.54, 1.807) is 0 Å². The van der Waals surface area contributed by atoms with Gasteiger partial charge in [-0.2, -0.15) is 0 Å². The third-order valence-corrected chi connectivity index (χ3v) is 6.98. The lowest BCUT2D eigenvalue weighted by Crippen LogP contribution is -2.48. The van der Waals surface area contributed by atoms with E-state index in [1.165, 1.54) is 24.8 Å². The summed E-state index contributed by atoms with van der Waals surface area (Å²) in [5.41, 5.74) is 3.25. The quantitative estimate of drug-likeness (QED) is 0.494. The maximum absolute atomic E-state index is 12.6. The van der Waals surface area contributed by atoms with Crippen LogP contribution in [0.15, 0.2) is 54.6 Å². The van der Waals surface area contributed by atoms with E-state index in [0.29, 0.717) is 18.2 Å². The minimum absolute atomic E-state index is 0.0735. The molecule has 2 aliphatic rings. The van der Waals surface area contributed by atoms with Gasteiger partial charge in [0.2, 0.25) is 11.8 Å². The normalized spacial score (nSPS) is 19.9. The molecule has 1 heterocycles. The van der Waals surface area contributed by atoms with Crippen molar-refractivity contribution < 1.29 is 9.59 Å². The number of carbonyl (C=O) groups excluding carboxylic acids is 2. The first-order valence-electron chi connectivity index (χ1n) is 12.6. The third-order valence-electron chi connectivity index (χ3n) is 6.98. The number of nitrogens with zero attached hydrogens (tertiary/aromatic N) is 2. The summed E-state index contributed by atoms with van der Waals surface area (Å²) >= 11 is 0. The number of rotatable bonds is 10. The maximum Gasteiger partial charge on any atom is 0.228 e. The second-order valence-electron chi connectivity index (χ2n) is 9.43. The summed E-state index contributed by atoms with van der Waals surface area (Å²) in [5, 5.41) is 3.08. The Labute approximate surface area is 198 Å². The van der Waals surface area contributed by atoms with Crippen molar-refractivity contribution in [1.29, 1.82) is 0 Å². The highest BCUT2D eigenvalue weighted by molar-refractivity contribution is 5.95. The largest absolute Gasteiger partial charge is 0.368 e. The van der Waals surface area contributed by atoms with Crippen LogP contribution in [0.25, 0.3) is 0 Å². The highest BCUT2D eigenvalue weighted by Crippen LogP contribution is 2.47. The summed E-state index contributed by atoms with van der Waals surface area (Å²) in [7, 11) is 0. The molecule has 1 N–H and O–H groups in total. The van der Waals surface area contributed by atoms with Crippen molar-refractivity contribution in [3.63, 3.8) is 0 Å². The summed E-state index contributed by atoms with van der Waals surface area (Å²) in [6.07, 6.45) is 7.53. The van der Waals surface area contributed by atoms with Crippen LogP contribution in [0.1, 0.15) is 63.4 Å². The van der Waals surface area contributed by atoms with Gasteiger partial charge in [-0.05, 0) is 48.6 Å². The Hall–Kier alpha value is -2.82. The van der Waals surface area contributed by atoms with Crippen LogP contribution in [0, 0.1) is 5.92 Å². The number of nitrogens with one attached hydrogen (secondary N) is 1. The molecule has 2 fully saturated rings. The standard InChI is InChI=1S/C28H37N3O2/c1-2-3-4-5-9-12-27(32)31-19-17-30(18-20-31)24-15-13-23(14-16-24)29-28(33)26-21-25(26)22-10-7-6-8-11-22/h6-8,10-11,13-16,25-26H,2-5,9,12,17-21H2,1H3,(H,29,33). The number of anilines is 2. The van der Waals surface area contributed by atoms with E-state index in [4.69, 9.17) is 0 Å². The third kappa shape index (κ3) is 6.37. The van der Waals surface area contributed by atoms with Gasteiger partial charge in [0.05, 0.1) is 0 Å². The average Bonchev–Trinajstić information content (AvgIpc) is 3.66. The summed E-state index contributed by atoms with van der Waals surface area (Å²) in [4.78, 5) is 29.4. The molecule has 0 bridgehead atoms. The highest BCUT2D eigenvalue weighted by Gasteiger charge is 2.43. The zero-order valence-corrected chi connectivity index (χ0v) is 19.8. The van der Waals surface area contributed by atoms with Gasteiger partial charge in [-0.3, -0.25) is 9.59 Å². The second kappa shape index (κ2) is 11.4. The number of hydrogen-bond donors (Lipinski definition) is 1. The Morgan fingerprint density at radius 2 is 1.58 bits per heavy atom. The molecule has 1 aliphatic carbocycles. The van der Waals surface area contributed by atoms with E-state index in [0.717, 1.165) is 56.8 Å². The van der Waals surface area contributed by atoms with E-state index in [2.05, 4.69) is 41.4 Å². The molecule has 176 valence electrons. The molecule has 2 amide bonds. The highest BCUT2D eigenvalue weighted by atomic mass is 16.2. The van der Waals surface area contributed by atoms with Crippen LogP contribution in [0.5, 0.6) is 0 Å². The van der Waals surface area contributed by atoms with E-state index in [1.807, 2.05) is 35.2 Å². The van der Waals surface area contributed by atoms with Crippen LogP contribution in [0.4, 0.5) is 11.4 Å². The van der Waals surface area contributed by atoms with Crippen LogP contribution in [-0.2, 0) is 9.59 Å². The summed E-state index contributed by atoms with van der Waals surface area (Å²) in [5.74, 6) is 0.835. The molecule has 5 nitrogen and oxygen atoms in total. The molecular formula is C28H37N3O2. The molecule has 2 aromatic carbocycles. The first-order valence-corrected chi connectivity index (χ1v) is 12.6. The minimum Gasteiger partial charge on any atom is -0.368 e. The lowest BCUT2D eigenvalue weighted by Gasteiger charge is -2.36. The Kier molecular flexibility index (Phi) is 8.03. The molecule has 1 saturated carbocycles. The van der Waals surface area contributed by atoms with E-state index < -0.39 is 0 Å². The molecular weight excluding hydrogens is 410 g/mol. The number of hydrogen-bond acceptors (Lipinski definition) is 3. The van der Waals surface area contributed by atoms with Gasteiger partial charge in [-0.1, -0.05) is 62.9 Å². The van der Waals surface area contributed by atoms with Crippen molar-refractivity contribution in [2.75, 3.05) is 36.4 Å². The molecule has 0 spiro atoms. The topological polar surface area (TPSA) is 52.7 Å². The van der Waals surface area contributed by atoms with Gasteiger partial charge in [0.25, 0.3) is 0 Å². The van der Waals surface area contributed by atoms with Crippen LogP contribution < -0.4 is 10.2 Å². The Bertz CT molecular complexity index is 904. The monoisotopic (exact) mass is 447 g/mol. The van der Waals surface area contributed by atoms with E-state index in [-0.39, 0.29) is 11.8 Å². The number of benzene rings is 2. The summed E-state index contributed by atoms with van der Waals surface area (Å²) in [6, 6.07) is 18.4. The van der Waals surface area contributed by atoms with Crippen molar-refractivity contribution in [2.45, 2.75) is 57.8 Å². The van der Waals surface area contributed by atoms with Gasteiger partial charge in [0.15, 0.2) is 0 Å². The summed E-state index contributed by atoms with van der Waals surface area (Å²) in [6.45, 7) is 5.50. The van der Waals surface area contributed by atoms with Crippen molar-refractivity contribution in [2.24, 2.45) is 5.92 Å². The lowest BCUT2D eigenvalue weighted by atomic mass is 10.1. The Morgan fingerprint density at radius 3 is 2.27 bits per heavy atom. The summed E-state index contributed by atoms with van der Waals surface area (Å²) < 4.78 is 0. The molecule has 0 radical (unpaired) electrons. The molecule has 5 heteroatoms. The first kappa shape index (κ1) is 23.3. The van der Waals surface area contributed by atoms with E-state index in [9.17, 15) is 9.59 Å². The number of carbonyl (C=O) groups is 2. The molecule has 1 saturated heterocycles. The smallest absolute Gasteiger partial charge is 0.228 e. The fourth-order valence-electron chi connectivity index (χ4n) is 4.80. The first-order chi connectivity index (χ1) is 16.2. The SMILES string of the molecule is CCCCCCCC(=O)N1CCN(c2ccc(NC(=O)C3CC3c3ccccc3)cc2)CC1. The Balaban J connectivity index is 1.19. The zero-order valence-electron chi connectivity index (χ0n) is 19.8. The van der Waals surface area contributed by atoms with E-state index >= 15 is 0 Å². The number of unbranched alkanes of at least 4 members (excludes halogenated alkanes) is 4. The number of amides is 2. The van der Waals surface area contributed by atoms with Gasteiger partial charge in [-0.25, -0.2) is 0 Å². The minimum atomic E-state index is 0.0735. The molecule has 1 aliphatic heterocycles. The van der Waals surface area contributed by atoms with Crippen LogP contribution in [0.2, 0.25) is 0 Å². The van der Waals surface area contributed by atoms with Crippen LogP contribution in [-0.4, -0.2) is 42.9 Å². The van der Waals surface area contributed by atoms with Crippen molar-refractivity contribution in [3.8, 4) is 0 Å². The predicted octanol–water partition coefficient (Wildman–Crippen LogP) is 5.44. The van der Waals surface area contributed by atoms with Gasteiger partial charge in [0.1, 0.15) is 0 Å². The number of piperazine rings is 1. The van der Waals surface area contributed by atoms with Crippen molar-refractivity contribution >= 4 is 23.2 Å². The Morgan fingerprint density at radius 1 is 0.879 bits per heavy atom. The fourth-order valence-corrected chi connectivity index (χ4v) is 4.80. The van der Waals surface area contributed by atoms with Crippen LogP contribution >= 0.6 is 0 Å². The zero-order chi connectivity index (χ0) is 23.0. The van der Waals surface area contributed by atoms with Gasteiger partial charge in [-0.15, -0.1) is 0 Å². The van der Waals surface area contributed by atoms with Crippen LogP contribution in [0.3, 0.4) is 0 Å². The molecule has 33 heavy (non-hydrogen) atoms. The van der Waals surface area contributed by atoms with Gasteiger partial charge < -0.3 is 15.1 Å². The molecule has 2 unspecified atom stereocenters. The molecule has 0 aromatic heterocycles. The van der Waals surface area contributed by atoms with Crippen molar-refractivity contribution in [1.82, 2.24) is 4.90 Å².